The number of carbonyl (C=O) groups excluding carboxylic acids is 1. The van der Waals surface area contributed by atoms with Crippen LogP contribution in [0.4, 0.5) is 5.00 Å². The molecule has 1 aromatic heterocycles. The van der Waals surface area contributed by atoms with Gasteiger partial charge >= 0.3 is 0 Å². The van der Waals surface area contributed by atoms with Crippen molar-refractivity contribution in [1.82, 2.24) is 0 Å². The Morgan fingerprint density at radius 2 is 1.73 bits per heavy atom. The predicted octanol–water partition coefficient (Wildman–Crippen LogP) is 6.20. The smallest absolute Gasteiger partial charge is 0.256 e. The summed E-state index contributed by atoms with van der Waals surface area (Å²) in [5.74, 6) is 0.392. The third-order valence-electron chi connectivity index (χ3n) is 5.83. The van der Waals surface area contributed by atoms with E-state index >= 15 is 0 Å². The number of aryl methyl sites for hydroxylation is 2. The van der Waals surface area contributed by atoms with Crippen LogP contribution in [0.15, 0.2) is 58.3 Å². The van der Waals surface area contributed by atoms with E-state index in [0.717, 1.165) is 48.1 Å². The van der Waals surface area contributed by atoms with Crippen LogP contribution < -0.4 is 10.1 Å². The normalized spacial score (nSPS) is 13.4. The average molecular weight is 484 g/mol. The lowest BCUT2D eigenvalue weighted by Gasteiger charge is -2.14. The van der Waals surface area contributed by atoms with Crippen LogP contribution in [-0.2, 0) is 22.7 Å². The minimum atomic E-state index is -3.76. The zero-order valence-electron chi connectivity index (χ0n) is 19.0. The Balaban J connectivity index is 1.64. The fraction of sp³-hybridized carbons (Fsp3) is 0.346. The molecule has 2 aromatic carbocycles. The molecule has 1 amide bonds. The van der Waals surface area contributed by atoms with Crippen LogP contribution in [0.5, 0.6) is 5.75 Å². The van der Waals surface area contributed by atoms with Gasteiger partial charge < -0.3 is 10.1 Å². The zero-order chi connectivity index (χ0) is 23.4. The molecule has 1 heterocycles. The summed E-state index contributed by atoms with van der Waals surface area (Å²) in [4.78, 5) is 14.6. The van der Waals surface area contributed by atoms with Crippen molar-refractivity contribution in [3.8, 4) is 5.75 Å². The van der Waals surface area contributed by atoms with Gasteiger partial charge in [0.05, 0.1) is 11.5 Å². The summed E-state index contributed by atoms with van der Waals surface area (Å²) in [6.45, 7) is 4.67. The highest BCUT2D eigenvalue weighted by atomic mass is 32.2. The molecule has 0 bridgehead atoms. The number of hydrogen-bond donors (Lipinski definition) is 1. The average Bonchev–Trinajstić information content (AvgIpc) is 3.18. The third-order valence-corrected chi connectivity index (χ3v) is 9.05. The van der Waals surface area contributed by atoms with Crippen molar-refractivity contribution < 1.29 is 17.9 Å². The summed E-state index contributed by atoms with van der Waals surface area (Å²) in [6.07, 6.45) is 5.57. The van der Waals surface area contributed by atoms with Gasteiger partial charge in [0.25, 0.3) is 5.91 Å². The van der Waals surface area contributed by atoms with Gasteiger partial charge in [-0.1, -0.05) is 31.0 Å². The van der Waals surface area contributed by atoms with Gasteiger partial charge in [0, 0.05) is 10.4 Å². The van der Waals surface area contributed by atoms with Crippen LogP contribution in [0.25, 0.3) is 0 Å². The molecule has 174 valence electrons. The van der Waals surface area contributed by atoms with Crippen LogP contribution >= 0.6 is 11.3 Å². The first-order chi connectivity index (χ1) is 15.9. The van der Waals surface area contributed by atoms with E-state index in [1.165, 1.54) is 11.3 Å². The van der Waals surface area contributed by atoms with Gasteiger partial charge in [0.1, 0.15) is 15.6 Å². The zero-order valence-corrected chi connectivity index (χ0v) is 20.7. The van der Waals surface area contributed by atoms with Gasteiger partial charge in [0.15, 0.2) is 0 Å². The summed E-state index contributed by atoms with van der Waals surface area (Å²) in [5.41, 5.74) is 2.32. The lowest BCUT2D eigenvalue weighted by atomic mass is 9.99. The van der Waals surface area contributed by atoms with Crippen molar-refractivity contribution >= 4 is 32.1 Å². The van der Waals surface area contributed by atoms with Gasteiger partial charge in [-0.25, -0.2) is 8.42 Å². The molecule has 0 aliphatic heterocycles. The Morgan fingerprint density at radius 1 is 1.03 bits per heavy atom. The minimum Gasteiger partial charge on any atom is -0.494 e. The molecule has 1 aliphatic carbocycles. The molecule has 0 saturated heterocycles. The molecular weight excluding hydrogens is 454 g/mol. The van der Waals surface area contributed by atoms with E-state index in [4.69, 9.17) is 4.74 Å². The summed E-state index contributed by atoms with van der Waals surface area (Å²) in [6, 6.07) is 13.8. The van der Waals surface area contributed by atoms with Gasteiger partial charge in [-0.3, -0.25) is 4.79 Å². The van der Waals surface area contributed by atoms with Gasteiger partial charge in [-0.05, 0) is 81.0 Å². The number of rotatable bonds is 8. The number of carbonyl (C=O) groups is 1. The summed E-state index contributed by atoms with van der Waals surface area (Å²) in [7, 11) is -3.76. The number of ether oxygens (including phenoxy) is 1. The summed E-state index contributed by atoms with van der Waals surface area (Å²) < 4.78 is 32.9. The molecule has 7 heteroatoms. The van der Waals surface area contributed by atoms with Crippen molar-refractivity contribution in [2.24, 2.45) is 0 Å². The lowest BCUT2D eigenvalue weighted by Crippen LogP contribution is -2.14. The summed E-state index contributed by atoms with van der Waals surface area (Å²) >= 11 is 1.39. The molecular formula is C26H29NO4S2. The number of hydrogen-bond acceptors (Lipinski definition) is 5. The van der Waals surface area contributed by atoms with Gasteiger partial charge in [-0.15, -0.1) is 11.3 Å². The number of fused-ring (bicyclic) bond motifs is 1. The van der Waals surface area contributed by atoms with Crippen molar-refractivity contribution in [2.75, 3.05) is 11.9 Å². The number of amides is 1. The quantitative estimate of drug-likeness (QED) is 0.387. The Kier molecular flexibility index (Phi) is 7.20. The van der Waals surface area contributed by atoms with Crippen molar-refractivity contribution in [2.45, 2.75) is 62.2 Å². The maximum atomic E-state index is 13.6. The van der Waals surface area contributed by atoms with E-state index in [1.54, 1.807) is 48.5 Å². The van der Waals surface area contributed by atoms with Crippen LogP contribution in [0.3, 0.4) is 0 Å². The molecule has 4 rings (SSSR count). The van der Waals surface area contributed by atoms with E-state index in [2.05, 4.69) is 12.2 Å². The van der Waals surface area contributed by atoms with E-state index < -0.39 is 9.84 Å². The highest BCUT2D eigenvalue weighted by molar-refractivity contribution is 7.92. The second kappa shape index (κ2) is 10.1. The maximum absolute atomic E-state index is 13.6. The highest BCUT2D eigenvalue weighted by Crippen LogP contribution is 2.43. The van der Waals surface area contributed by atoms with E-state index in [9.17, 15) is 13.2 Å². The second-order valence-electron chi connectivity index (χ2n) is 8.37. The van der Waals surface area contributed by atoms with E-state index in [0.29, 0.717) is 29.3 Å². The lowest BCUT2D eigenvalue weighted by molar-refractivity contribution is 0.102. The molecule has 0 saturated carbocycles. The molecule has 0 atom stereocenters. The van der Waals surface area contributed by atoms with Gasteiger partial charge in [-0.2, -0.15) is 0 Å². The highest BCUT2D eigenvalue weighted by Gasteiger charge is 2.31. The Hall–Kier alpha value is -2.64. The molecule has 3 aromatic rings. The standard InChI is InChI=1S/C26H29NO4S2/c1-3-4-17-31-20-13-11-19(12-14-20)25(28)27-26-24(22-7-5-6-8-23(22)32-26)33(29,30)21-15-9-18(2)10-16-21/h9-16H,3-8,17H2,1-2H3,(H,27,28). The number of anilines is 1. The number of sulfone groups is 1. The number of unbranched alkanes of at least 4 members (excludes halogenated alkanes) is 1. The maximum Gasteiger partial charge on any atom is 0.256 e. The van der Waals surface area contributed by atoms with Crippen LogP contribution in [0.2, 0.25) is 0 Å². The number of thiophene rings is 1. The van der Waals surface area contributed by atoms with Gasteiger partial charge in [0.2, 0.25) is 9.84 Å². The van der Waals surface area contributed by atoms with Crippen molar-refractivity contribution in [1.29, 1.82) is 0 Å². The largest absolute Gasteiger partial charge is 0.494 e. The SMILES string of the molecule is CCCCOc1ccc(C(=O)Nc2sc3c(c2S(=O)(=O)c2ccc(C)cc2)CCCC3)cc1. The third kappa shape index (κ3) is 5.14. The van der Waals surface area contributed by atoms with E-state index in [-0.39, 0.29) is 15.7 Å². The first-order valence-corrected chi connectivity index (χ1v) is 13.7. The Bertz CT molecular complexity index is 1230. The van der Waals surface area contributed by atoms with Crippen LogP contribution in [0.1, 0.15) is 59.0 Å². The number of nitrogens with one attached hydrogen (secondary N) is 1. The summed E-state index contributed by atoms with van der Waals surface area (Å²) in [5, 5.41) is 3.32. The van der Waals surface area contributed by atoms with Crippen molar-refractivity contribution in [3.05, 3.63) is 70.1 Å². The Morgan fingerprint density at radius 3 is 2.42 bits per heavy atom. The monoisotopic (exact) mass is 483 g/mol. The first-order valence-electron chi connectivity index (χ1n) is 11.4. The molecule has 0 fully saturated rings. The molecule has 1 aliphatic rings. The predicted molar refractivity (Wildman–Crippen MR) is 132 cm³/mol. The molecule has 5 nitrogen and oxygen atoms in total. The first kappa shape index (κ1) is 23.5. The van der Waals surface area contributed by atoms with Crippen LogP contribution in [-0.4, -0.2) is 20.9 Å². The topological polar surface area (TPSA) is 72.5 Å². The van der Waals surface area contributed by atoms with Crippen molar-refractivity contribution in [3.63, 3.8) is 0 Å². The van der Waals surface area contributed by atoms with Crippen LogP contribution in [0, 0.1) is 6.92 Å². The Labute approximate surface area is 199 Å². The van der Waals surface area contributed by atoms with E-state index in [1.807, 2.05) is 6.92 Å². The molecule has 0 unspecified atom stereocenters. The second-order valence-corrected chi connectivity index (χ2v) is 11.4. The molecule has 0 spiro atoms. The molecule has 1 N–H and O–H groups in total. The number of benzene rings is 2. The fourth-order valence-electron chi connectivity index (χ4n) is 3.95. The molecule has 33 heavy (non-hydrogen) atoms. The minimum absolute atomic E-state index is 0.253. The fourth-order valence-corrected chi connectivity index (χ4v) is 7.22. The molecule has 0 radical (unpaired) electrons.